The summed E-state index contributed by atoms with van der Waals surface area (Å²) in [6.07, 6.45) is -2.72. The molecule has 1 fully saturated rings. The summed E-state index contributed by atoms with van der Waals surface area (Å²) in [6.45, 7) is 1.44. The monoisotopic (exact) mass is 103 g/mol. The Balaban J connectivity index is 3.00. The van der Waals surface area contributed by atoms with E-state index in [1.165, 1.54) is 6.92 Å². The molecule has 42 valence electrons. The van der Waals surface area contributed by atoms with E-state index in [1.54, 1.807) is 0 Å². The predicted molar refractivity (Wildman–Crippen MR) is 31.1 cm³/mol. The Morgan fingerprint density at radius 2 is 2.00 bits per heavy atom. The molecule has 0 atom stereocenters. The lowest BCUT2D eigenvalue weighted by Gasteiger charge is -2.14. The van der Waals surface area contributed by atoms with Gasteiger partial charge in [0.25, 0.3) is 0 Å². The summed E-state index contributed by atoms with van der Waals surface area (Å²) in [5.41, 5.74) is 4.24. The number of rotatable bonds is 0. The molecule has 0 aromatic rings. The van der Waals surface area contributed by atoms with Crippen LogP contribution in [0.25, 0.3) is 0 Å². The van der Waals surface area contributed by atoms with E-state index in [1.807, 2.05) is 0 Å². The average Bonchev–Trinajstić information content (AvgIpc) is 1.93. The molecule has 0 saturated heterocycles. The molecular weight excluding hydrogens is 86.1 g/mol. The first-order valence-corrected chi connectivity index (χ1v) is 2.50. The molecule has 1 aliphatic rings. The van der Waals surface area contributed by atoms with Crippen LogP contribution in [-0.4, -0.2) is 5.54 Å². The predicted octanol–water partition coefficient (Wildman–Crippen LogP) is 1.28. The molecule has 1 aliphatic carbocycles. The van der Waals surface area contributed by atoms with E-state index < -0.39 is 18.3 Å². The molecule has 0 bridgehead atoms. The van der Waals surface area contributed by atoms with Crippen LogP contribution in [0.3, 0.4) is 0 Å². The first-order valence-electron chi connectivity index (χ1n) is 4.50. The highest BCUT2D eigenvalue weighted by molar-refractivity contribution is 4.83. The highest BCUT2D eigenvalue weighted by Gasteiger charge is 2.22. The van der Waals surface area contributed by atoms with Crippen molar-refractivity contribution in [2.45, 2.75) is 38.1 Å². The maximum absolute atomic E-state index is 7.45. The summed E-state index contributed by atoms with van der Waals surface area (Å²) in [6, 6.07) is 0. The molecule has 0 aliphatic heterocycles. The Labute approximate surface area is 50.5 Å². The summed E-state index contributed by atoms with van der Waals surface area (Å²) in [5.74, 6) is 0. The molecule has 1 nitrogen and oxygen atoms in total. The van der Waals surface area contributed by atoms with E-state index in [2.05, 4.69) is 0 Å². The van der Waals surface area contributed by atoms with Crippen LogP contribution in [0.4, 0.5) is 0 Å². The van der Waals surface area contributed by atoms with Crippen molar-refractivity contribution in [2.24, 2.45) is 5.73 Å². The van der Waals surface area contributed by atoms with Crippen molar-refractivity contribution in [1.29, 1.82) is 0 Å². The van der Waals surface area contributed by atoms with Crippen LogP contribution >= 0.6 is 0 Å². The SMILES string of the molecule is [2H]C1([2H])CCC([2H])([2H])C1(C)N. The van der Waals surface area contributed by atoms with Crippen LogP contribution in [0.2, 0.25) is 0 Å². The molecule has 1 rings (SSSR count). The molecule has 0 heterocycles. The molecule has 0 unspecified atom stereocenters. The largest absolute Gasteiger partial charge is 0.325 e. The van der Waals surface area contributed by atoms with Gasteiger partial charge in [-0.15, -0.1) is 0 Å². The number of hydrogen-bond acceptors (Lipinski definition) is 1. The fourth-order valence-corrected chi connectivity index (χ4v) is 0.707. The van der Waals surface area contributed by atoms with Gasteiger partial charge in [0.05, 0.1) is 0 Å². The van der Waals surface area contributed by atoms with Gasteiger partial charge in [-0.2, -0.15) is 0 Å². The molecule has 1 saturated carbocycles. The normalized spacial score (nSPS) is 51.1. The average molecular weight is 103 g/mol. The lowest BCUT2D eigenvalue weighted by molar-refractivity contribution is 0.487. The lowest BCUT2D eigenvalue weighted by atomic mass is 10.0. The van der Waals surface area contributed by atoms with Crippen LogP contribution in [0, 0.1) is 0 Å². The van der Waals surface area contributed by atoms with Crippen LogP contribution in [0.15, 0.2) is 0 Å². The molecule has 2 N–H and O–H groups in total. The van der Waals surface area contributed by atoms with E-state index in [9.17, 15) is 0 Å². The first kappa shape index (κ1) is 2.06. The summed E-state index contributed by atoms with van der Waals surface area (Å²) in [4.78, 5) is 0. The van der Waals surface area contributed by atoms with Crippen molar-refractivity contribution in [1.82, 2.24) is 0 Å². The van der Waals surface area contributed by atoms with Gasteiger partial charge in [0.15, 0.2) is 0 Å². The molecule has 0 aromatic heterocycles. The topological polar surface area (TPSA) is 26.0 Å². The van der Waals surface area contributed by atoms with Crippen molar-refractivity contribution in [3.8, 4) is 0 Å². The maximum Gasteiger partial charge on any atom is 0.0285 e. The summed E-state index contributed by atoms with van der Waals surface area (Å²) in [5, 5.41) is 0. The highest BCUT2D eigenvalue weighted by Crippen LogP contribution is 2.25. The Bertz CT molecular complexity index is 157. The Hall–Kier alpha value is -0.0400. The fourth-order valence-electron chi connectivity index (χ4n) is 0.707. The summed E-state index contributed by atoms with van der Waals surface area (Å²) in [7, 11) is 0. The maximum atomic E-state index is 7.45. The summed E-state index contributed by atoms with van der Waals surface area (Å²) >= 11 is 0. The molecular formula is C6H13N. The van der Waals surface area contributed by atoms with Gasteiger partial charge in [-0.1, -0.05) is 12.8 Å². The minimum absolute atomic E-state index is 0.215. The standard InChI is InChI=1S/C6H13N/c1-6(7)4-2-3-5-6/h2-5,7H2,1H3/i4D2,5D2. The van der Waals surface area contributed by atoms with Crippen molar-refractivity contribution in [3.63, 3.8) is 0 Å². The Morgan fingerprint density at radius 3 is 2.14 bits per heavy atom. The first-order chi connectivity index (χ1) is 4.71. The van der Waals surface area contributed by atoms with Crippen LogP contribution in [-0.2, 0) is 0 Å². The highest BCUT2D eigenvalue weighted by atomic mass is 14.7. The minimum Gasteiger partial charge on any atom is -0.325 e. The molecule has 1 heteroatoms. The van der Waals surface area contributed by atoms with Crippen molar-refractivity contribution < 1.29 is 5.48 Å². The zero-order chi connectivity index (χ0) is 8.91. The zero-order valence-corrected chi connectivity index (χ0v) is 4.49. The van der Waals surface area contributed by atoms with Gasteiger partial charge in [-0.3, -0.25) is 0 Å². The van der Waals surface area contributed by atoms with Gasteiger partial charge in [0, 0.05) is 11.0 Å². The van der Waals surface area contributed by atoms with Gasteiger partial charge in [-0.05, 0) is 19.7 Å². The Morgan fingerprint density at radius 1 is 1.57 bits per heavy atom. The van der Waals surface area contributed by atoms with E-state index in [-0.39, 0.29) is 12.8 Å². The second-order valence-corrected chi connectivity index (χ2v) is 2.06. The molecule has 0 spiro atoms. The van der Waals surface area contributed by atoms with E-state index in [4.69, 9.17) is 11.2 Å². The smallest absolute Gasteiger partial charge is 0.0285 e. The van der Waals surface area contributed by atoms with Gasteiger partial charge < -0.3 is 5.73 Å². The third kappa shape index (κ3) is 1.16. The van der Waals surface area contributed by atoms with Crippen molar-refractivity contribution in [2.75, 3.05) is 0 Å². The molecule has 0 amide bonds. The van der Waals surface area contributed by atoms with Crippen LogP contribution in [0.5, 0.6) is 0 Å². The lowest BCUT2D eigenvalue weighted by Crippen LogP contribution is -2.31. The Kier molecular flexibility index (Phi) is 0.435. The second kappa shape index (κ2) is 1.48. The van der Waals surface area contributed by atoms with Crippen LogP contribution < -0.4 is 5.73 Å². The summed E-state index contributed by atoms with van der Waals surface area (Å²) < 4.78 is 29.8. The zero-order valence-electron chi connectivity index (χ0n) is 8.49. The van der Waals surface area contributed by atoms with E-state index in [0.29, 0.717) is 0 Å². The van der Waals surface area contributed by atoms with Gasteiger partial charge in [0.2, 0.25) is 0 Å². The third-order valence-electron chi connectivity index (χ3n) is 1.11. The van der Waals surface area contributed by atoms with E-state index >= 15 is 0 Å². The van der Waals surface area contributed by atoms with Crippen LogP contribution in [0.1, 0.15) is 38.0 Å². The van der Waals surface area contributed by atoms with Crippen molar-refractivity contribution in [3.05, 3.63) is 0 Å². The third-order valence-corrected chi connectivity index (χ3v) is 1.11. The van der Waals surface area contributed by atoms with E-state index in [0.717, 1.165) is 0 Å². The molecule has 0 aromatic carbocycles. The van der Waals surface area contributed by atoms with Crippen molar-refractivity contribution >= 4 is 0 Å². The second-order valence-electron chi connectivity index (χ2n) is 2.06. The molecule has 7 heavy (non-hydrogen) atoms. The van der Waals surface area contributed by atoms with Gasteiger partial charge in [0.1, 0.15) is 0 Å². The molecule has 0 radical (unpaired) electrons. The van der Waals surface area contributed by atoms with Gasteiger partial charge >= 0.3 is 0 Å². The quantitative estimate of drug-likeness (QED) is 0.491. The number of nitrogens with two attached hydrogens (primary N) is 1. The minimum atomic E-state index is -1.57. The number of hydrogen-bond donors (Lipinski definition) is 1. The fraction of sp³-hybridized carbons (Fsp3) is 1.00. The van der Waals surface area contributed by atoms with Gasteiger partial charge in [-0.25, -0.2) is 0 Å².